The van der Waals surface area contributed by atoms with Gasteiger partial charge in [0.25, 0.3) is 0 Å². The van der Waals surface area contributed by atoms with E-state index in [4.69, 9.17) is 4.74 Å². The minimum Gasteiger partial charge on any atom is -0.481 e. The average Bonchev–Trinajstić information content (AvgIpc) is 2.60. The van der Waals surface area contributed by atoms with Crippen molar-refractivity contribution in [2.24, 2.45) is 11.3 Å². The van der Waals surface area contributed by atoms with E-state index in [1.807, 2.05) is 0 Å². The summed E-state index contributed by atoms with van der Waals surface area (Å²) in [7, 11) is 0. The minimum atomic E-state index is -1.49. The molecule has 148 valence electrons. The lowest BCUT2D eigenvalue weighted by Gasteiger charge is -2.35. The van der Waals surface area contributed by atoms with E-state index in [0.29, 0.717) is 25.7 Å². The van der Waals surface area contributed by atoms with Gasteiger partial charge < -0.3 is 20.1 Å². The molecule has 0 aromatic rings. The summed E-state index contributed by atoms with van der Waals surface area (Å²) in [4.78, 5) is 45.7. The Kier molecular flexibility index (Phi) is 7.96. The number of hydrogen-bond acceptors (Lipinski definition) is 5. The smallest absolute Gasteiger partial charge is 0.336 e. The number of carbonyl (C=O) groups is 4. The fraction of sp³-hybridized carbons (Fsp3) is 0.474. The molecule has 0 amide bonds. The molecule has 0 saturated heterocycles. The Balaban J connectivity index is 2.79. The fourth-order valence-corrected chi connectivity index (χ4v) is 3.10. The van der Waals surface area contributed by atoms with E-state index in [2.05, 4.69) is 6.58 Å². The van der Waals surface area contributed by atoms with Gasteiger partial charge in [0.05, 0.1) is 23.2 Å². The maximum Gasteiger partial charge on any atom is 0.336 e. The Hall–Kier alpha value is -2.90. The summed E-state index contributed by atoms with van der Waals surface area (Å²) in [6.07, 6.45) is 6.10. The Morgan fingerprint density at radius 3 is 2.26 bits per heavy atom. The van der Waals surface area contributed by atoms with E-state index in [-0.39, 0.29) is 24.2 Å². The van der Waals surface area contributed by atoms with Crippen molar-refractivity contribution < 1.29 is 39.2 Å². The van der Waals surface area contributed by atoms with Crippen LogP contribution in [0.5, 0.6) is 0 Å². The maximum absolute atomic E-state index is 11.7. The Morgan fingerprint density at radius 1 is 1.11 bits per heavy atom. The van der Waals surface area contributed by atoms with Crippen molar-refractivity contribution in [1.29, 1.82) is 0 Å². The molecule has 2 atom stereocenters. The summed E-state index contributed by atoms with van der Waals surface area (Å²) >= 11 is 0. The van der Waals surface area contributed by atoms with Crippen LogP contribution in [0, 0.1) is 11.3 Å². The molecule has 1 aliphatic carbocycles. The second-order valence-corrected chi connectivity index (χ2v) is 6.49. The molecule has 0 radical (unpaired) electrons. The molecule has 8 heteroatoms. The minimum absolute atomic E-state index is 0.220. The lowest BCUT2D eigenvalue weighted by Crippen LogP contribution is -2.40. The van der Waals surface area contributed by atoms with Gasteiger partial charge in [-0.1, -0.05) is 31.9 Å². The standard InChI is InChI=1S/C19H24O8/c1-3-14(20)27-11-7-5-4-6-8-13-15(17(23)24)12(16(21)22)9-10-19(13,2)18(25)26/h3,9-10,13H,1,4-8,11H2,2H3,(H,21,22)(H,23,24)(H,25,26). The first-order valence-corrected chi connectivity index (χ1v) is 8.57. The SMILES string of the molecule is C=CC(=O)OCCCCCCC1C(C(=O)O)=C(C(=O)O)C=CC1(C)C(=O)O. The lowest BCUT2D eigenvalue weighted by atomic mass is 9.66. The maximum atomic E-state index is 11.7. The third-order valence-corrected chi connectivity index (χ3v) is 4.68. The summed E-state index contributed by atoms with van der Waals surface area (Å²) in [5, 5.41) is 28.3. The Labute approximate surface area is 156 Å². The van der Waals surface area contributed by atoms with Gasteiger partial charge in [-0.25, -0.2) is 14.4 Å². The summed E-state index contributed by atoms with van der Waals surface area (Å²) in [5.74, 6) is -5.49. The quantitative estimate of drug-likeness (QED) is 0.282. The van der Waals surface area contributed by atoms with Crippen molar-refractivity contribution >= 4 is 23.9 Å². The van der Waals surface area contributed by atoms with Gasteiger partial charge in [-0.3, -0.25) is 4.79 Å². The molecule has 0 bridgehead atoms. The zero-order valence-electron chi connectivity index (χ0n) is 15.1. The molecule has 8 nitrogen and oxygen atoms in total. The van der Waals surface area contributed by atoms with Gasteiger partial charge in [0.2, 0.25) is 0 Å². The number of rotatable bonds is 11. The molecule has 0 spiro atoms. The van der Waals surface area contributed by atoms with Crippen molar-refractivity contribution in [2.75, 3.05) is 6.61 Å². The highest BCUT2D eigenvalue weighted by atomic mass is 16.5. The second kappa shape index (κ2) is 9.70. The summed E-state index contributed by atoms with van der Waals surface area (Å²) in [6, 6.07) is 0. The van der Waals surface area contributed by atoms with Gasteiger partial charge in [-0.2, -0.15) is 0 Å². The molecule has 0 aromatic heterocycles. The molecule has 1 rings (SSSR count). The van der Waals surface area contributed by atoms with Crippen LogP contribution in [0.3, 0.4) is 0 Å². The lowest BCUT2D eigenvalue weighted by molar-refractivity contribution is -0.148. The number of ether oxygens (including phenoxy) is 1. The fourth-order valence-electron chi connectivity index (χ4n) is 3.10. The van der Waals surface area contributed by atoms with Crippen LogP contribution in [0.2, 0.25) is 0 Å². The van der Waals surface area contributed by atoms with Gasteiger partial charge >= 0.3 is 23.9 Å². The van der Waals surface area contributed by atoms with Crippen LogP contribution in [-0.4, -0.2) is 45.8 Å². The zero-order chi connectivity index (χ0) is 20.6. The average molecular weight is 380 g/mol. The van der Waals surface area contributed by atoms with Gasteiger partial charge in [-0.15, -0.1) is 0 Å². The van der Waals surface area contributed by atoms with Gasteiger partial charge in [0.1, 0.15) is 0 Å². The predicted octanol–water partition coefficient (Wildman–Crippen LogP) is 2.41. The normalized spacial score (nSPS) is 21.6. The van der Waals surface area contributed by atoms with Crippen LogP contribution < -0.4 is 0 Å². The number of carbonyl (C=O) groups excluding carboxylic acids is 1. The molecular weight excluding hydrogens is 356 g/mol. The molecule has 0 aliphatic heterocycles. The number of esters is 1. The molecule has 27 heavy (non-hydrogen) atoms. The van der Waals surface area contributed by atoms with Crippen LogP contribution in [0.1, 0.15) is 39.0 Å². The van der Waals surface area contributed by atoms with Crippen LogP contribution in [0.25, 0.3) is 0 Å². The Bertz CT molecular complexity index is 688. The molecule has 0 heterocycles. The van der Waals surface area contributed by atoms with E-state index in [1.165, 1.54) is 13.0 Å². The van der Waals surface area contributed by atoms with E-state index < -0.39 is 35.2 Å². The number of hydrogen-bond donors (Lipinski definition) is 3. The summed E-state index contributed by atoms with van der Waals surface area (Å²) in [6.45, 7) is 4.93. The molecule has 3 N–H and O–H groups in total. The second-order valence-electron chi connectivity index (χ2n) is 6.49. The van der Waals surface area contributed by atoms with E-state index >= 15 is 0 Å². The zero-order valence-corrected chi connectivity index (χ0v) is 15.1. The van der Waals surface area contributed by atoms with Crippen LogP contribution >= 0.6 is 0 Å². The molecule has 2 unspecified atom stereocenters. The molecule has 0 saturated carbocycles. The van der Waals surface area contributed by atoms with Crippen molar-refractivity contribution in [3.63, 3.8) is 0 Å². The molecule has 0 aromatic carbocycles. The predicted molar refractivity (Wildman–Crippen MR) is 94.9 cm³/mol. The molecule has 1 aliphatic rings. The third kappa shape index (κ3) is 5.54. The first kappa shape index (κ1) is 22.1. The van der Waals surface area contributed by atoms with Crippen molar-refractivity contribution in [1.82, 2.24) is 0 Å². The third-order valence-electron chi connectivity index (χ3n) is 4.68. The first-order valence-electron chi connectivity index (χ1n) is 8.57. The number of carboxylic acids is 3. The van der Waals surface area contributed by atoms with Crippen molar-refractivity contribution in [3.05, 3.63) is 36.0 Å². The van der Waals surface area contributed by atoms with Crippen LogP contribution in [0.15, 0.2) is 36.0 Å². The van der Waals surface area contributed by atoms with Crippen LogP contribution in [0.4, 0.5) is 0 Å². The van der Waals surface area contributed by atoms with Crippen molar-refractivity contribution in [3.8, 4) is 0 Å². The molecule has 0 fully saturated rings. The number of carboxylic acid groups (broad SMARTS) is 3. The topological polar surface area (TPSA) is 138 Å². The Morgan fingerprint density at radius 2 is 1.74 bits per heavy atom. The first-order chi connectivity index (χ1) is 12.6. The highest BCUT2D eigenvalue weighted by Crippen LogP contribution is 2.43. The highest BCUT2D eigenvalue weighted by molar-refractivity contribution is 6.03. The van der Waals surface area contributed by atoms with Gasteiger partial charge in [0.15, 0.2) is 0 Å². The van der Waals surface area contributed by atoms with E-state index in [0.717, 1.165) is 12.2 Å². The number of aliphatic carboxylic acids is 3. The van der Waals surface area contributed by atoms with Gasteiger partial charge in [-0.05, 0) is 25.8 Å². The van der Waals surface area contributed by atoms with Crippen molar-refractivity contribution in [2.45, 2.75) is 39.0 Å². The monoisotopic (exact) mass is 380 g/mol. The van der Waals surface area contributed by atoms with Gasteiger partial charge in [0, 0.05) is 12.0 Å². The summed E-state index contributed by atoms with van der Waals surface area (Å²) in [5.41, 5.74) is -2.26. The van der Waals surface area contributed by atoms with Crippen LogP contribution in [-0.2, 0) is 23.9 Å². The molecular formula is C19H24O8. The highest BCUT2D eigenvalue weighted by Gasteiger charge is 2.46. The van der Waals surface area contributed by atoms with E-state index in [9.17, 15) is 34.5 Å². The summed E-state index contributed by atoms with van der Waals surface area (Å²) < 4.78 is 4.85. The largest absolute Gasteiger partial charge is 0.481 e. The van der Waals surface area contributed by atoms with E-state index in [1.54, 1.807) is 0 Å². The number of unbranched alkanes of at least 4 members (excludes halogenated alkanes) is 3.